The average Bonchev–Trinajstić information content (AvgIpc) is 2.97. The van der Waals surface area contributed by atoms with Crippen molar-refractivity contribution in [2.45, 2.75) is 19.3 Å². The monoisotopic (exact) mass is 336 g/mol. The molecule has 0 aliphatic carbocycles. The molecule has 122 valence electrons. The van der Waals surface area contributed by atoms with Crippen LogP contribution in [0, 0.1) is 11.2 Å². The summed E-state index contributed by atoms with van der Waals surface area (Å²) in [5.41, 5.74) is -0.754. The predicted octanol–water partition coefficient (Wildman–Crippen LogP) is 4.10. The molecule has 1 aromatic carbocycles. The van der Waals surface area contributed by atoms with Gasteiger partial charge >= 0.3 is 5.97 Å². The molecule has 1 aliphatic heterocycles. The van der Waals surface area contributed by atoms with E-state index in [1.165, 1.54) is 23.5 Å². The molecule has 1 fully saturated rings. The Balaban J connectivity index is 1.71. The molecule has 1 aromatic heterocycles. The van der Waals surface area contributed by atoms with Gasteiger partial charge in [-0.1, -0.05) is 0 Å². The van der Waals surface area contributed by atoms with Crippen LogP contribution in [-0.2, 0) is 16.0 Å². The van der Waals surface area contributed by atoms with Crippen LogP contribution in [0.5, 0.6) is 11.5 Å². The summed E-state index contributed by atoms with van der Waals surface area (Å²) in [6, 6.07) is 7.65. The van der Waals surface area contributed by atoms with E-state index in [2.05, 4.69) is 0 Å². The van der Waals surface area contributed by atoms with Crippen molar-refractivity contribution in [2.75, 3.05) is 13.2 Å². The van der Waals surface area contributed by atoms with E-state index in [4.69, 9.17) is 9.47 Å². The highest BCUT2D eigenvalue weighted by Crippen LogP contribution is 2.38. The number of rotatable bonds is 5. The van der Waals surface area contributed by atoms with Crippen LogP contribution < -0.4 is 4.74 Å². The van der Waals surface area contributed by atoms with Gasteiger partial charge in [0.25, 0.3) is 0 Å². The van der Waals surface area contributed by atoms with Gasteiger partial charge in [0.2, 0.25) is 0 Å². The Bertz CT molecular complexity index is 674. The van der Waals surface area contributed by atoms with Crippen molar-refractivity contribution in [3.8, 4) is 11.5 Å². The highest BCUT2D eigenvalue weighted by atomic mass is 32.1. The zero-order chi connectivity index (χ0) is 16.3. The van der Waals surface area contributed by atoms with Gasteiger partial charge in [-0.25, -0.2) is 4.39 Å². The van der Waals surface area contributed by atoms with Gasteiger partial charge in [-0.05, 0) is 49.6 Å². The van der Waals surface area contributed by atoms with E-state index in [1.54, 1.807) is 12.1 Å². The number of benzene rings is 1. The molecule has 0 bridgehead atoms. The maximum absolute atomic E-state index is 12.9. The summed E-state index contributed by atoms with van der Waals surface area (Å²) in [6.45, 7) is 0.965. The number of thiophene rings is 1. The summed E-state index contributed by atoms with van der Waals surface area (Å²) in [5, 5.41) is 11.4. The number of halogens is 1. The van der Waals surface area contributed by atoms with Crippen molar-refractivity contribution in [2.24, 2.45) is 5.41 Å². The zero-order valence-electron chi connectivity index (χ0n) is 12.5. The smallest absolute Gasteiger partial charge is 0.310 e. The molecule has 0 saturated carbocycles. The van der Waals surface area contributed by atoms with Gasteiger partial charge in [0.15, 0.2) is 0 Å². The second kappa shape index (κ2) is 6.68. The number of hydrogen-bond donors (Lipinski definition) is 1. The van der Waals surface area contributed by atoms with Crippen LogP contribution >= 0.6 is 11.3 Å². The topological polar surface area (TPSA) is 55.8 Å². The van der Waals surface area contributed by atoms with Gasteiger partial charge in [0, 0.05) is 23.5 Å². The lowest BCUT2D eigenvalue weighted by Gasteiger charge is -2.32. The van der Waals surface area contributed by atoms with E-state index in [1.807, 2.05) is 11.4 Å². The first-order valence-corrected chi connectivity index (χ1v) is 8.27. The third kappa shape index (κ3) is 3.71. The van der Waals surface area contributed by atoms with Crippen LogP contribution in [0.4, 0.5) is 4.39 Å². The van der Waals surface area contributed by atoms with E-state index >= 15 is 0 Å². The molecule has 0 unspecified atom stereocenters. The molecule has 1 N–H and O–H groups in total. The fraction of sp³-hybridized carbons (Fsp3) is 0.353. The fourth-order valence-corrected chi connectivity index (χ4v) is 3.63. The summed E-state index contributed by atoms with van der Waals surface area (Å²) in [7, 11) is 0. The first-order valence-electron chi connectivity index (χ1n) is 7.39. The van der Waals surface area contributed by atoms with E-state index in [-0.39, 0.29) is 5.82 Å². The number of carboxylic acids is 1. The molecule has 4 nitrogen and oxygen atoms in total. The summed E-state index contributed by atoms with van der Waals surface area (Å²) in [6.07, 6.45) is 1.52. The van der Waals surface area contributed by atoms with Crippen molar-refractivity contribution in [3.63, 3.8) is 0 Å². The van der Waals surface area contributed by atoms with Crippen LogP contribution in [0.1, 0.15) is 17.7 Å². The van der Waals surface area contributed by atoms with Gasteiger partial charge in [-0.2, -0.15) is 0 Å². The van der Waals surface area contributed by atoms with E-state index in [0.29, 0.717) is 44.0 Å². The normalized spacial score (nSPS) is 16.9. The van der Waals surface area contributed by atoms with Gasteiger partial charge in [0.1, 0.15) is 17.3 Å². The fourth-order valence-electron chi connectivity index (χ4n) is 2.71. The van der Waals surface area contributed by atoms with Crippen LogP contribution in [0.15, 0.2) is 35.7 Å². The quantitative estimate of drug-likeness (QED) is 0.893. The molecule has 0 radical (unpaired) electrons. The lowest BCUT2D eigenvalue weighted by molar-refractivity contribution is -0.154. The Hall–Kier alpha value is -1.92. The molecule has 2 heterocycles. The average molecular weight is 336 g/mol. The van der Waals surface area contributed by atoms with Crippen molar-refractivity contribution < 1.29 is 23.8 Å². The Morgan fingerprint density at radius 1 is 1.26 bits per heavy atom. The molecule has 6 heteroatoms. The van der Waals surface area contributed by atoms with Crippen molar-refractivity contribution in [1.82, 2.24) is 0 Å². The van der Waals surface area contributed by atoms with Crippen LogP contribution in [0.25, 0.3) is 0 Å². The Morgan fingerprint density at radius 3 is 2.61 bits per heavy atom. The molecule has 1 aliphatic rings. The highest BCUT2D eigenvalue weighted by molar-refractivity contribution is 7.10. The first kappa shape index (κ1) is 16.0. The van der Waals surface area contributed by atoms with E-state index in [0.717, 1.165) is 4.88 Å². The minimum Gasteiger partial charge on any atom is -0.481 e. The largest absolute Gasteiger partial charge is 0.481 e. The predicted molar refractivity (Wildman–Crippen MR) is 84.6 cm³/mol. The Morgan fingerprint density at radius 2 is 1.96 bits per heavy atom. The van der Waals surface area contributed by atoms with Gasteiger partial charge < -0.3 is 14.6 Å². The molecule has 2 aromatic rings. The summed E-state index contributed by atoms with van der Waals surface area (Å²) < 4.78 is 23.8. The SMILES string of the molecule is O=C(O)C1(Cc2cc(Oc3ccc(F)cc3)cs2)CCOCC1. The third-order valence-corrected chi connectivity index (χ3v) is 5.01. The lowest BCUT2D eigenvalue weighted by Crippen LogP contribution is -2.38. The molecular formula is C17H17FO4S. The number of aliphatic carboxylic acids is 1. The summed E-state index contributed by atoms with van der Waals surface area (Å²) >= 11 is 1.48. The number of ether oxygens (including phenoxy) is 2. The minimum absolute atomic E-state index is 0.314. The number of carbonyl (C=O) groups is 1. The molecule has 3 rings (SSSR count). The van der Waals surface area contributed by atoms with Gasteiger partial charge in [0.05, 0.1) is 5.41 Å². The maximum Gasteiger partial charge on any atom is 0.310 e. The molecule has 0 amide bonds. The Kier molecular flexibility index (Phi) is 4.63. The summed E-state index contributed by atoms with van der Waals surface area (Å²) in [4.78, 5) is 12.7. The van der Waals surface area contributed by atoms with Gasteiger partial charge in [-0.15, -0.1) is 11.3 Å². The van der Waals surface area contributed by atoms with Crippen LogP contribution in [0.3, 0.4) is 0 Å². The zero-order valence-corrected chi connectivity index (χ0v) is 13.3. The molecule has 1 saturated heterocycles. The second-order valence-corrected chi connectivity index (χ2v) is 6.68. The van der Waals surface area contributed by atoms with Crippen molar-refractivity contribution >= 4 is 17.3 Å². The highest BCUT2D eigenvalue weighted by Gasteiger charge is 2.40. The minimum atomic E-state index is -0.768. The maximum atomic E-state index is 12.9. The molecule has 23 heavy (non-hydrogen) atoms. The lowest BCUT2D eigenvalue weighted by atomic mass is 9.77. The second-order valence-electron chi connectivity index (χ2n) is 5.68. The molecule has 0 spiro atoms. The number of carboxylic acid groups (broad SMARTS) is 1. The van der Waals surface area contributed by atoms with Crippen molar-refractivity contribution in [3.05, 3.63) is 46.4 Å². The van der Waals surface area contributed by atoms with E-state index in [9.17, 15) is 14.3 Å². The standard InChI is InChI=1S/C17H17FO4S/c18-12-1-3-13(4-2-12)22-14-9-15(23-11-14)10-17(16(19)20)5-7-21-8-6-17/h1-4,9,11H,5-8,10H2,(H,19,20). The van der Waals surface area contributed by atoms with Crippen LogP contribution in [-0.4, -0.2) is 24.3 Å². The molecule has 0 atom stereocenters. The van der Waals surface area contributed by atoms with Crippen molar-refractivity contribution in [1.29, 1.82) is 0 Å². The van der Waals surface area contributed by atoms with Crippen LogP contribution in [0.2, 0.25) is 0 Å². The molecular weight excluding hydrogens is 319 g/mol. The number of hydrogen-bond acceptors (Lipinski definition) is 4. The first-order chi connectivity index (χ1) is 11.1. The third-order valence-electron chi connectivity index (χ3n) is 4.10. The Labute approximate surface area is 137 Å². The van der Waals surface area contributed by atoms with Gasteiger partial charge in [-0.3, -0.25) is 4.79 Å². The summed E-state index contributed by atoms with van der Waals surface area (Å²) in [5.74, 6) is 0.112. The van der Waals surface area contributed by atoms with E-state index < -0.39 is 11.4 Å².